The van der Waals surface area contributed by atoms with Crippen LogP contribution in [0.5, 0.6) is 0 Å². The monoisotopic (exact) mass is 430 g/mol. The molecule has 0 unspecified atom stereocenters. The van der Waals surface area contributed by atoms with Crippen molar-refractivity contribution in [1.29, 1.82) is 0 Å². The van der Waals surface area contributed by atoms with Crippen molar-refractivity contribution >= 4 is 33.8 Å². The molecule has 164 valence electrons. The molecule has 2 N–H and O–H groups in total. The van der Waals surface area contributed by atoms with E-state index in [1.54, 1.807) is 0 Å². The van der Waals surface area contributed by atoms with Crippen LogP contribution in [0, 0.1) is 13.8 Å². The minimum atomic E-state index is -0.177. The normalized spacial score (nSPS) is 18.7. The molecule has 1 aliphatic carbocycles. The van der Waals surface area contributed by atoms with Crippen molar-refractivity contribution in [2.24, 2.45) is 0 Å². The van der Waals surface area contributed by atoms with E-state index >= 15 is 0 Å². The fraction of sp³-hybridized carbons (Fsp3) is 0.308. The van der Waals surface area contributed by atoms with Crippen LogP contribution in [0.4, 0.5) is 0 Å². The summed E-state index contributed by atoms with van der Waals surface area (Å²) in [4.78, 5) is 25.6. The van der Waals surface area contributed by atoms with Gasteiger partial charge in [0.05, 0.1) is 0 Å². The number of para-hydroxylation sites is 2. The average molecular weight is 431 g/mol. The molecule has 1 saturated carbocycles. The first kappa shape index (κ1) is 20.4. The summed E-state index contributed by atoms with van der Waals surface area (Å²) in [6, 6.07) is 15.5. The second-order valence-electron chi connectivity index (χ2n) is 8.60. The summed E-state index contributed by atoms with van der Waals surface area (Å²) in [6.07, 6.45) is 3.20. The zero-order valence-corrected chi connectivity index (χ0v) is 18.2. The number of amides is 2. The molecule has 6 heteroatoms. The molecule has 0 atom stereocenters. The summed E-state index contributed by atoms with van der Waals surface area (Å²) in [5, 5.41) is 8.14. The molecule has 0 radical (unpaired) electrons. The standard InChI is InChI=1S/C26H26N2O4/c1-15-19-7-3-5-9-21(19)31-23(15)25(29)27-17-11-13-18(14-12-17)28-26(30)24-16(2)20-8-4-6-10-22(20)32-24/h3-10,17-18H,11-14H2,1-2H3,(H,27,29)(H,28,30). The zero-order valence-electron chi connectivity index (χ0n) is 18.2. The van der Waals surface area contributed by atoms with Crippen LogP contribution in [0.15, 0.2) is 57.4 Å². The topological polar surface area (TPSA) is 84.5 Å². The van der Waals surface area contributed by atoms with Crippen LogP contribution in [0.25, 0.3) is 21.9 Å². The van der Waals surface area contributed by atoms with Gasteiger partial charge in [0.15, 0.2) is 11.5 Å². The SMILES string of the molecule is Cc1c(C(=O)NC2CCC(NC(=O)c3oc4ccccc4c3C)CC2)oc2ccccc12. The minimum absolute atomic E-state index is 0.0659. The van der Waals surface area contributed by atoms with Gasteiger partial charge in [-0.1, -0.05) is 36.4 Å². The van der Waals surface area contributed by atoms with Crippen molar-refractivity contribution in [3.63, 3.8) is 0 Å². The van der Waals surface area contributed by atoms with Crippen molar-refractivity contribution < 1.29 is 18.4 Å². The van der Waals surface area contributed by atoms with Gasteiger partial charge in [0.2, 0.25) is 0 Å². The Morgan fingerprint density at radius 3 is 1.44 bits per heavy atom. The number of carbonyl (C=O) groups is 2. The smallest absolute Gasteiger partial charge is 0.287 e. The van der Waals surface area contributed by atoms with Gasteiger partial charge in [-0.2, -0.15) is 0 Å². The largest absolute Gasteiger partial charge is 0.451 e. The van der Waals surface area contributed by atoms with E-state index in [2.05, 4.69) is 10.6 Å². The van der Waals surface area contributed by atoms with Crippen molar-refractivity contribution in [2.75, 3.05) is 0 Å². The lowest BCUT2D eigenvalue weighted by atomic mass is 9.91. The van der Waals surface area contributed by atoms with E-state index in [-0.39, 0.29) is 23.9 Å². The van der Waals surface area contributed by atoms with Gasteiger partial charge >= 0.3 is 0 Å². The number of aryl methyl sites for hydroxylation is 2. The molecule has 2 aromatic heterocycles. The van der Waals surface area contributed by atoms with Crippen LogP contribution in [0.2, 0.25) is 0 Å². The van der Waals surface area contributed by atoms with E-state index < -0.39 is 0 Å². The Bertz CT molecular complexity index is 1210. The van der Waals surface area contributed by atoms with Crippen LogP contribution >= 0.6 is 0 Å². The van der Waals surface area contributed by atoms with E-state index in [9.17, 15) is 9.59 Å². The molecule has 5 rings (SSSR count). The number of nitrogens with one attached hydrogen (secondary N) is 2. The van der Waals surface area contributed by atoms with Gasteiger partial charge in [-0.25, -0.2) is 0 Å². The molecule has 32 heavy (non-hydrogen) atoms. The third kappa shape index (κ3) is 3.66. The van der Waals surface area contributed by atoms with Crippen molar-refractivity contribution in [3.8, 4) is 0 Å². The maximum absolute atomic E-state index is 12.8. The second-order valence-corrected chi connectivity index (χ2v) is 8.60. The van der Waals surface area contributed by atoms with E-state index in [4.69, 9.17) is 8.83 Å². The predicted molar refractivity (Wildman–Crippen MR) is 123 cm³/mol. The van der Waals surface area contributed by atoms with Crippen molar-refractivity contribution in [3.05, 3.63) is 71.2 Å². The summed E-state index contributed by atoms with van der Waals surface area (Å²) < 4.78 is 11.6. The number of rotatable bonds is 4. The predicted octanol–water partition coefficient (Wildman–Crippen LogP) is 5.27. The van der Waals surface area contributed by atoms with Crippen molar-refractivity contribution in [1.82, 2.24) is 10.6 Å². The zero-order chi connectivity index (χ0) is 22.2. The first-order valence-corrected chi connectivity index (χ1v) is 11.1. The number of hydrogen-bond acceptors (Lipinski definition) is 4. The number of hydrogen-bond donors (Lipinski definition) is 2. The maximum Gasteiger partial charge on any atom is 0.287 e. The molecule has 4 aromatic rings. The van der Waals surface area contributed by atoms with E-state index in [1.807, 2.05) is 62.4 Å². The first-order chi connectivity index (χ1) is 15.5. The minimum Gasteiger partial charge on any atom is -0.451 e. The molecule has 2 amide bonds. The third-order valence-corrected chi connectivity index (χ3v) is 6.50. The number of furan rings is 2. The Kier molecular flexibility index (Phi) is 5.21. The molecule has 6 nitrogen and oxygen atoms in total. The summed E-state index contributed by atoms with van der Waals surface area (Å²) in [7, 11) is 0. The van der Waals surface area contributed by atoms with Gasteiger partial charge in [-0.15, -0.1) is 0 Å². The number of carbonyl (C=O) groups excluding carboxylic acids is 2. The number of benzene rings is 2. The first-order valence-electron chi connectivity index (χ1n) is 11.1. The lowest BCUT2D eigenvalue weighted by molar-refractivity contribution is 0.0865. The highest BCUT2D eigenvalue weighted by Gasteiger charge is 2.27. The Balaban J connectivity index is 1.18. The third-order valence-electron chi connectivity index (χ3n) is 6.50. The molecule has 1 fully saturated rings. The van der Waals surface area contributed by atoms with Gasteiger partial charge in [0, 0.05) is 34.0 Å². The molecule has 0 bridgehead atoms. The van der Waals surface area contributed by atoms with E-state index in [0.717, 1.165) is 58.7 Å². The van der Waals surface area contributed by atoms with Crippen LogP contribution in [0.1, 0.15) is 57.9 Å². The highest BCUT2D eigenvalue weighted by atomic mass is 16.4. The quantitative estimate of drug-likeness (QED) is 0.462. The second kappa shape index (κ2) is 8.19. The van der Waals surface area contributed by atoms with Gasteiger partial charge in [-0.3, -0.25) is 9.59 Å². The summed E-state index contributed by atoms with van der Waals surface area (Å²) in [5.41, 5.74) is 3.17. The fourth-order valence-electron chi connectivity index (χ4n) is 4.67. The molecule has 0 spiro atoms. The van der Waals surface area contributed by atoms with Gasteiger partial charge in [-0.05, 0) is 51.7 Å². The van der Waals surface area contributed by atoms with E-state index in [1.165, 1.54) is 0 Å². The lowest BCUT2D eigenvalue weighted by Crippen LogP contribution is -2.43. The average Bonchev–Trinajstić information content (AvgIpc) is 3.33. The lowest BCUT2D eigenvalue weighted by Gasteiger charge is -2.29. The van der Waals surface area contributed by atoms with Gasteiger partial charge in [0.25, 0.3) is 11.8 Å². The highest BCUT2D eigenvalue weighted by molar-refractivity contribution is 5.99. The molecule has 0 saturated heterocycles. The van der Waals surface area contributed by atoms with Gasteiger partial charge in [0.1, 0.15) is 11.2 Å². The molecule has 2 aromatic carbocycles. The van der Waals surface area contributed by atoms with Gasteiger partial charge < -0.3 is 19.5 Å². The summed E-state index contributed by atoms with van der Waals surface area (Å²) in [6.45, 7) is 3.82. The Morgan fingerprint density at radius 2 is 1.06 bits per heavy atom. The van der Waals surface area contributed by atoms with Crippen LogP contribution in [-0.4, -0.2) is 23.9 Å². The highest BCUT2D eigenvalue weighted by Crippen LogP contribution is 2.27. The van der Waals surface area contributed by atoms with Crippen molar-refractivity contribution in [2.45, 2.75) is 51.6 Å². The van der Waals surface area contributed by atoms with Crippen LogP contribution in [-0.2, 0) is 0 Å². The molecule has 1 aliphatic rings. The van der Waals surface area contributed by atoms with Crippen LogP contribution in [0.3, 0.4) is 0 Å². The number of fused-ring (bicyclic) bond motifs is 2. The van der Waals surface area contributed by atoms with Crippen LogP contribution < -0.4 is 10.6 Å². The summed E-state index contributed by atoms with van der Waals surface area (Å²) >= 11 is 0. The Hall–Kier alpha value is -3.54. The molecule has 2 heterocycles. The maximum atomic E-state index is 12.8. The molecular weight excluding hydrogens is 404 g/mol. The molecule has 0 aliphatic heterocycles. The fourth-order valence-corrected chi connectivity index (χ4v) is 4.67. The molecular formula is C26H26N2O4. The Morgan fingerprint density at radius 1 is 0.688 bits per heavy atom. The van der Waals surface area contributed by atoms with E-state index in [0.29, 0.717) is 11.5 Å². The Labute approximate surface area is 186 Å². The summed E-state index contributed by atoms with van der Waals surface area (Å²) in [5.74, 6) is 0.400.